The quantitative estimate of drug-likeness (QED) is 0.735. The molecular formula is C14H31N3O. The van der Waals surface area contributed by atoms with Gasteiger partial charge in [-0.05, 0) is 51.9 Å². The maximum Gasteiger partial charge on any atom is 0.0503 e. The molecule has 0 spiro atoms. The molecule has 4 nitrogen and oxygen atoms in total. The van der Waals surface area contributed by atoms with E-state index in [0.717, 1.165) is 19.1 Å². The molecule has 0 aliphatic carbocycles. The summed E-state index contributed by atoms with van der Waals surface area (Å²) in [5.74, 6) is 1.37. The van der Waals surface area contributed by atoms with Crippen molar-refractivity contribution in [1.82, 2.24) is 9.80 Å². The molecule has 18 heavy (non-hydrogen) atoms. The second kappa shape index (κ2) is 8.10. The number of piperidine rings is 1. The smallest absolute Gasteiger partial charge is 0.0503 e. The molecule has 0 amide bonds. The van der Waals surface area contributed by atoms with Crippen LogP contribution in [0.2, 0.25) is 0 Å². The molecule has 2 N–H and O–H groups in total. The van der Waals surface area contributed by atoms with Crippen LogP contribution in [0.5, 0.6) is 0 Å². The highest BCUT2D eigenvalue weighted by Crippen LogP contribution is 2.22. The van der Waals surface area contributed by atoms with Gasteiger partial charge in [-0.2, -0.15) is 0 Å². The number of likely N-dealkylation sites (tertiary alicyclic amines) is 1. The second-order valence-corrected chi connectivity index (χ2v) is 5.98. The molecule has 1 rings (SSSR count). The van der Waals surface area contributed by atoms with Crippen molar-refractivity contribution < 1.29 is 4.74 Å². The van der Waals surface area contributed by atoms with Crippen molar-refractivity contribution in [2.45, 2.75) is 25.8 Å². The zero-order valence-electron chi connectivity index (χ0n) is 12.6. The first kappa shape index (κ1) is 15.9. The third-order valence-electron chi connectivity index (χ3n) is 4.07. The van der Waals surface area contributed by atoms with E-state index in [4.69, 9.17) is 10.5 Å². The molecule has 0 bridgehead atoms. The lowest BCUT2D eigenvalue weighted by molar-refractivity contribution is 0.0589. The summed E-state index contributed by atoms with van der Waals surface area (Å²) in [7, 11) is 6.10. The number of hydrogen-bond acceptors (Lipinski definition) is 4. The molecule has 2 atom stereocenters. The van der Waals surface area contributed by atoms with Gasteiger partial charge in [0.05, 0.1) is 6.61 Å². The van der Waals surface area contributed by atoms with Crippen molar-refractivity contribution in [3.63, 3.8) is 0 Å². The van der Waals surface area contributed by atoms with Crippen LogP contribution in [0.4, 0.5) is 0 Å². The highest BCUT2D eigenvalue weighted by atomic mass is 16.5. The van der Waals surface area contributed by atoms with Gasteiger partial charge < -0.3 is 15.4 Å². The van der Waals surface area contributed by atoms with Crippen LogP contribution >= 0.6 is 0 Å². The van der Waals surface area contributed by atoms with E-state index in [1.807, 2.05) is 0 Å². The maximum absolute atomic E-state index is 5.94. The van der Waals surface area contributed by atoms with E-state index in [1.165, 1.54) is 32.5 Å². The standard InChI is InChI=1S/C14H31N3O/c1-12(11-18-4)14(9-15)17-7-5-13(6-8-17)10-16(2)3/h12-14H,5-11,15H2,1-4H3. The van der Waals surface area contributed by atoms with Crippen LogP contribution < -0.4 is 5.73 Å². The normalized spacial score (nSPS) is 22.3. The number of ether oxygens (including phenoxy) is 1. The Morgan fingerprint density at radius 2 is 1.94 bits per heavy atom. The van der Waals surface area contributed by atoms with Crippen LogP contribution in [-0.4, -0.2) is 69.8 Å². The summed E-state index contributed by atoms with van der Waals surface area (Å²) in [4.78, 5) is 4.87. The third-order valence-corrected chi connectivity index (χ3v) is 4.07. The van der Waals surface area contributed by atoms with Crippen molar-refractivity contribution in [1.29, 1.82) is 0 Å². The molecular weight excluding hydrogens is 226 g/mol. The van der Waals surface area contributed by atoms with Crippen molar-refractivity contribution >= 4 is 0 Å². The molecule has 1 saturated heterocycles. The number of hydrogen-bond donors (Lipinski definition) is 1. The van der Waals surface area contributed by atoms with Gasteiger partial charge in [0.25, 0.3) is 0 Å². The van der Waals surface area contributed by atoms with E-state index in [0.29, 0.717) is 12.0 Å². The Kier molecular flexibility index (Phi) is 7.15. The van der Waals surface area contributed by atoms with Gasteiger partial charge in [-0.15, -0.1) is 0 Å². The molecule has 1 heterocycles. The summed E-state index contributed by atoms with van der Waals surface area (Å²) in [6.45, 7) is 7.38. The molecule has 0 aromatic heterocycles. The zero-order valence-corrected chi connectivity index (χ0v) is 12.6. The topological polar surface area (TPSA) is 41.7 Å². The molecule has 1 fully saturated rings. The number of nitrogens with zero attached hydrogens (tertiary/aromatic N) is 2. The number of rotatable bonds is 7. The van der Waals surface area contributed by atoms with E-state index < -0.39 is 0 Å². The predicted molar refractivity (Wildman–Crippen MR) is 76.7 cm³/mol. The summed E-state index contributed by atoms with van der Waals surface area (Å²) in [6.07, 6.45) is 2.60. The minimum Gasteiger partial charge on any atom is -0.384 e. The van der Waals surface area contributed by atoms with Crippen LogP contribution in [0.25, 0.3) is 0 Å². The van der Waals surface area contributed by atoms with E-state index >= 15 is 0 Å². The minimum atomic E-state index is 0.477. The fourth-order valence-electron chi connectivity index (χ4n) is 3.10. The van der Waals surface area contributed by atoms with Crippen molar-refractivity contribution in [2.75, 3.05) is 54.0 Å². The highest BCUT2D eigenvalue weighted by Gasteiger charge is 2.27. The Hall–Kier alpha value is -0.160. The molecule has 1 aliphatic heterocycles. The van der Waals surface area contributed by atoms with Crippen LogP contribution in [0.1, 0.15) is 19.8 Å². The van der Waals surface area contributed by atoms with Gasteiger partial charge >= 0.3 is 0 Å². The summed E-state index contributed by atoms with van der Waals surface area (Å²) in [5.41, 5.74) is 5.94. The summed E-state index contributed by atoms with van der Waals surface area (Å²) in [5, 5.41) is 0. The van der Waals surface area contributed by atoms with Crippen LogP contribution in [0, 0.1) is 11.8 Å². The lowest BCUT2D eigenvalue weighted by Crippen LogP contribution is -2.50. The van der Waals surface area contributed by atoms with E-state index in [1.54, 1.807) is 7.11 Å². The van der Waals surface area contributed by atoms with Gasteiger partial charge in [0, 0.05) is 26.2 Å². The maximum atomic E-state index is 5.94. The highest BCUT2D eigenvalue weighted by molar-refractivity contribution is 4.83. The van der Waals surface area contributed by atoms with Crippen LogP contribution in [-0.2, 0) is 4.74 Å². The molecule has 1 aliphatic rings. The van der Waals surface area contributed by atoms with Gasteiger partial charge in [0.15, 0.2) is 0 Å². The number of methoxy groups -OCH3 is 1. The van der Waals surface area contributed by atoms with Crippen molar-refractivity contribution in [2.24, 2.45) is 17.6 Å². The van der Waals surface area contributed by atoms with Crippen molar-refractivity contribution in [3.8, 4) is 0 Å². The Morgan fingerprint density at radius 3 is 2.39 bits per heavy atom. The summed E-state index contributed by atoms with van der Waals surface area (Å²) >= 11 is 0. The molecule has 108 valence electrons. The Balaban J connectivity index is 2.39. The SMILES string of the molecule is COCC(C)C(CN)N1CCC(CN(C)C)CC1. The minimum absolute atomic E-state index is 0.477. The van der Waals surface area contributed by atoms with Crippen molar-refractivity contribution in [3.05, 3.63) is 0 Å². The monoisotopic (exact) mass is 257 g/mol. The van der Waals surface area contributed by atoms with Gasteiger partial charge in [-0.25, -0.2) is 0 Å². The largest absolute Gasteiger partial charge is 0.384 e. The Morgan fingerprint density at radius 1 is 1.33 bits per heavy atom. The molecule has 0 saturated carbocycles. The van der Waals surface area contributed by atoms with E-state index in [9.17, 15) is 0 Å². The van der Waals surface area contributed by atoms with E-state index in [2.05, 4.69) is 30.8 Å². The number of nitrogens with two attached hydrogens (primary N) is 1. The Labute approximate surface area is 112 Å². The van der Waals surface area contributed by atoms with Crippen LogP contribution in [0.15, 0.2) is 0 Å². The average molecular weight is 257 g/mol. The fraction of sp³-hybridized carbons (Fsp3) is 1.00. The Bertz CT molecular complexity index is 215. The zero-order chi connectivity index (χ0) is 13.5. The predicted octanol–water partition coefficient (Wildman–Crippen LogP) is 0.870. The molecule has 4 heteroatoms. The molecule has 0 aromatic rings. The van der Waals surface area contributed by atoms with Crippen LogP contribution in [0.3, 0.4) is 0 Å². The first-order chi connectivity index (χ1) is 8.58. The molecule has 2 unspecified atom stereocenters. The summed E-state index contributed by atoms with van der Waals surface area (Å²) < 4.78 is 5.26. The second-order valence-electron chi connectivity index (χ2n) is 5.98. The van der Waals surface area contributed by atoms with E-state index in [-0.39, 0.29) is 0 Å². The molecule has 0 radical (unpaired) electrons. The van der Waals surface area contributed by atoms with Gasteiger partial charge in [0.1, 0.15) is 0 Å². The van der Waals surface area contributed by atoms with Gasteiger partial charge in [-0.3, -0.25) is 4.90 Å². The average Bonchev–Trinajstić information content (AvgIpc) is 2.32. The van der Waals surface area contributed by atoms with Gasteiger partial charge in [-0.1, -0.05) is 6.92 Å². The summed E-state index contributed by atoms with van der Waals surface area (Å²) in [6, 6.07) is 0.477. The van der Waals surface area contributed by atoms with Gasteiger partial charge in [0.2, 0.25) is 0 Å². The first-order valence-corrected chi connectivity index (χ1v) is 7.16. The lowest BCUT2D eigenvalue weighted by atomic mass is 9.92. The lowest BCUT2D eigenvalue weighted by Gasteiger charge is -2.40. The third kappa shape index (κ3) is 4.84. The molecule has 0 aromatic carbocycles. The first-order valence-electron chi connectivity index (χ1n) is 7.16. The fourth-order valence-corrected chi connectivity index (χ4v) is 3.10.